The normalized spacial score (nSPS) is 10.4. The van der Waals surface area contributed by atoms with E-state index in [1.165, 1.54) is 19.2 Å². The summed E-state index contributed by atoms with van der Waals surface area (Å²) in [6, 6.07) is 11.6. The number of ketones is 1. The van der Waals surface area contributed by atoms with E-state index in [0.717, 1.165) is 4.57 Å². The minimum Gasteiger partial charge on any atom is -0.494 e. The first-order valence-electron chi connectivity index (χ1n) is 8.00. The molecule has 0 aliphatic heterocycles. The number of pyridine rings is 2. The number of carbonyl (C=O) groups is 1. The SMILES string of the molecule is Cc1c(C(=O)c2ccccc2Cl)c(O)n(Cc2cccnc2)c(=O)c1C#N. The van der Waals surface area contributed by atoms with Crippen LogP contribution in [0.4, 0.5) is 0 Å². The van der Waals surface area contributed by atoms with Crippen LogP contribution < -0.4 is 5.56 Å². The maximum absolute atomic E-state index is 13.0. The van der Waals surface area contributed by atoms with Crippen molar-refractivity contribution in [2.45, 2.75) is 13.5 Å². The first kappa shape index (κ1) is 18.4. The summed E-state index contributed by atoms with van der Waals surface area (Å²) in [5.41, 5.74) is -0.0681. The molecule has 6 nitrogen and oxygen atoms in total. The van der Waals surface area contributed by atoms with Crippen LogP contribution in [0, 0.1) is 18.3 Å². The molecule has 2 aromatic heterocycles. The van der Waals surface area contributed by atoms with Gasteiger partial charge in [0.15, 0.2) is 5.78 Å². The number of nitrogens with zero attached hydrogens (tertiary/aromatic N) is 3. The Morgan fingerprint density at radius 2 is 2.04 bits per heavy atom. The molecule has 0 aliphatic rings. The van der Waals surface area contributed by atoms with Crippen LogP contribution >= 0.6 is 11.6 Å². The van der Waals surface area contributed by atoms with Gasteiger partial charge in [-0.15, -0.1) is 0 Å². The molecular formula is C20H14ClN3O3. The Hall–Kier alpha value is -3.43. The second kappa shape index (κ2) is 7.44. The molecule has 0 radical (unpaired) electrons. The van der Waals surface area contributed by atoms with E-state index >= 15 is 0 Å². The average molecular weight is 380 g/mol. The monoisotopic (exact) mass is 379 g/mol. The van der Waals surface area contributed by atoms with Crippen LogP contribution in [0.25, 0.3) is 0 Å². The van der Waals surface area contributed by atoms with Crippen LogP contribution in [0.2, 0.25) is 5.02 Å². The van der Waals surface area contributed by atoms with E-state index < -0.39 is 17.2 Å². The maximum Gasteiger partial charge on any atom is 0.271 e. The largest absolute Gasteiger partial charge is 0.494 e. The van der Waals surface area contributed by atoms with Crippen LogP contribution in [-0.2, 0) is 6.54 Å². The number of nitriles is 1. The van der Waals surface area contributed by atoms with Gasteiger partial charge in [0.05, 0.1) is 17.1 Å². The number of aromatic nitrogens is 2. The number of hydrogen-bond donors (Lipinski definition) is 1. The lowest BCUT2D eigenvalue weighted by atomic mass is 9.97. The lowest BCUT2D eigenvalue weighted by Crippen LogP contribution is -2.27. The molecule has 27 heavy (non-hydrogen) atoms. The molecule has 0 bridgehead atoms. The van der Waals surface area contributed by atoms with Crippen molar-refractivity contribution in [3.8, 4) is 11.9 Å². The van der Waals surface area contributed by atoms with Crippen LogP contribution in [0.15, 0.2) is 53.6 Å². The molecule has 0 amide bonds. The Bertz CT molecular complexity index is 1130. The average Bonchev–Trinajstić information content (AvgIpc) is 2.66. The van der Waals surface area contributed by atoms with Crippen molar-refractivity contribution in [3.05, 3.63) is 92.0 Å². The van der Waals surface area contributed by atoms with Gasteiger partial charge in [-0.1, -0.05) is 29.8 Å². The number of hydrogen-bond acceptors (Lipinski definition) is 5. The van der Waals surface area contributed by atoms with Gasteiger partial charge in [-0.05, 0) is 36.2 Å². The van der Waals surface area contributed by atoms with E-state index in [-0.39, 0.29) is 33.8 Å². The first-order valence-corrected chi connectivity index (χ1v) is 8.38. The van der Waals surface area contributed by atoms with E-state index in [0.29, 0.717) is 5.56 Å². The van der Waals surface area contributed by atoms with Crippen LogP contribution in [0.5, 0.6) is 5.88 Å². The molecule has 0 fully saturated rings. The molecule has 0 saturated carbocycles. The van der Waals surface area contributed by atoms with E-state index in [1.807, 2.05) is 6.07 Å². The minimum atomic E-state index is -0.674. The zero-order chi connectivity index (χ0) is 19.6. The molecule has 0 atom stereocenters. The predicted octanol–water partition coefficient (Wildman–Crippen LogP) is 3.06. The molecular weight excluding hydrogens is 366 g/mol. The maximum atomic E-state index is 13.0. The van der Waals surface area contributed by atoms with Crippen molar-refractivity contribution in [2.75, 3.05) is 0 Å². The summed E-state index contributed by atoms with van der Waals surface area (Å²) >= 11 is 6.10. The summed E-state index contributed by atoms with van der Waals surface area (Å²) in [5.74, 6) is -1.07. The lowest BCUT2D eigenvalue weighted by Gasteiger charge is -2.16. The van der Waals surface area contributed by atoms with Crippen molar-refractivity contribution in [1.29, 1.82) is 5.26 Å². The highest BCUT2D eigenvalue weighted by Gasteiger charge is 2.26. The molecule has 3 aromatic rings. The van der Waals surface area contributed by atoms with Crippen LogP contribution in [-0.4, -0.2) is 20.4 Å². The Kier molecular flexibility index (Phi) is 5.06. The molecule has 0 spiro atoms. The molecule has 1 aromatic carbocycles. The fourth-order valence-electron chi connectivity index (χ4n) is 2.82. The lowest BCUT2D eigenvalue weighted by molar-refractivity contribution is 0.103. The third kappa shape index (κ3) is 3.33. The van der Waals surface area contributed by atoms with Gasteiger partial charge in [0.2, 0.25) is 5.88 Å². The smallest absolute Gasteiger partial charge is 0.271 e. The number of halogens is 1. The summed E-state index contributed by atoms with van der Waals surface area (Å²) in [5, 5.41) is 20.4. The van der Waals surface area contributed by atoms with Gasteiger partial charge < -0.3 is 5.11 Å². The van der Waals surface area contributed by atoms with Crippen LogP contribution in [0.1, 0.15) is 32.6 Å². The van der Waals surface area contributed by atoms with Gasteiger partial charge in [-0.2, -0.15) is 5.26 Å². The summed E-state index contributed by atoms with van der Waals surface area (Å²) < 4.78 is 0.993. The number of aromatic hydroxyl groups is 1. The van der Waals surface area contributed by atoms with Crippen molar-refractivity contribution < 1.29 is 9.90 Å². The molecule has 0 saturated heterocycles. The topological polar surface area (TPSA) is 96.0 Å². The molecule has 7 heteroatoms. The van der Waals surface area contributed by atoms with Gasteiger partial charge in [0.25, 0.3) is 5.56 Å². The zero-order valence-corrected chi connectivity index (χ0v) is 15.1. The second-order valence-electron chi connectivity index (χ2n) is 5.87. The minimum absolute atomic E-state index is 0.0315. The zero-order valence-electron chi connectivity index (χ0n) is 14.3. The fraction of sp³-hybridized carbons (Fsp3) is 0.100. The van der Waals surface area contributed by atoms with E-state index in [2.05, 4.69) is 4.98 Å². The number of carbonyl (C=O) groups excluding carboxylic acids is 1. The molecule has 3 rings (SSSR count). The number of rotatable bonds is 4. The molecule has 2 heterocycles. The summed E-state index contributed by atoms with van der Waals surface area (Å²) in [4.78, 5) is 29.6. The molecule has 0 aliphatic carbocycles. The van der Waals surface area contributed by atoms with Crippen molar-refractivity contribution in [2.24, 2.45) is 0 Å². The van der Waals surface area contributed by atoms with Crippen LogP contribution in [0.3, 0.4) is 0 Å². The summed E-state index contributed by atoms with van der Waals surface area (Å²) in [6.45, 7) is 1.43. The number of benzene rings is 1. The van der Waals surface area contributed by atoms with Gasteiger partial charge in [-0.25, -0.2) is 0 Å². The van der Waals surface area contributed by atoms with Gasteiger partial charge in [0, 0.05) is 18.0 Å². The Labute approximate surface area is 159 Å². The molecule has 134 valence electrons. The Morgan fingerprint density at radius 3 is 2.67 bits per heavy atom. The highest BCUT2D eigenvalue weighted by molar-refractivity contribution is 6.35. The van der Waals surface area contributed by atoms with Gasteiger partial charge >= 0.3 is 0 Å². The quantitative estimate of drug-likeness (QED) is 0.703. The van der Waals surface area contributed by atoms with E-state index in [4.69, 9.17) is 11.6 Å². The van der Waals surface area contributed by atoms with Crippen molar-refractivity contribution in [3.63, 3.8) is 0 Å². The predicted molar refractivity (Wildman–Crippen MR) is 100 cm³/mol. The molecule has 0 unspecified atom stereocenters. The second-order valence-corrected chi connectivity index (χ2v) is 6.28. The summed E-state index contributed by atoms with van der Waals surface area (Å²) in [6.07, 6.45) is 3.11. The standard InChI is InChI=1S/C20H14ClN3O3/c1-12-15(9-22)19(26)24(11-13-5-4-8-23-10-13)20(27)17(12)18(25)14-6-2-3-7-16(14)21/h2-8,10,27H,11H2,1H3. The van der Waals surface area contributed by atoms with E-state index in [1.54, 1.807) is 36.5 Å². The highest BCUT2D eigenvalue weighted by atomic mass is 35.5. The third-order valence-corrected chi connectivity index (χ3v) is 4.54. The van der Waals surface area contributed by atoms with E-state index in [9.17, 15) is 20.0 Å². The highest BCUT2D eigenvalue weighted by Crippen LogP contribution is 2.28. The summed E-state index contributed by atoms with van der Waals surface area (Å²) in [7, 11) is 0. The molecule has 1 N–H and O–H groups in total. The van der Waals surface area contributed by atoms with Crippen molar-refractivity contribution >= 4 is 17.4 Å². The van der Waals surface area contributed by atoms with Gasteiger partial charge in [-0.3, -0.25) is 19.1 Å². The Morgan fingerprint density at radius 1 is 1.30 bits per heavy atom. The fourth-order valence-corrected chi connectivity index (χ4v) is 3.05. The Balaban J connectivity index is 2.24. The third-order valence-electron chi connectivity index (χ3n) is 4.21. The van der Waals surface area contributed by atoms with Gasteiger partial charge in [0.1, 0.15) is 11.6 Å². The first-order chi connectivity index (χ1) is 13.0. The van der Waals surface area contributed by atoms with Crippen molar-refractivity contribution in [1.82, 2.24) is 9.55 Å².